The van der Waals surface area contributed by atoms with E-state index in [1.165, 1.54) is 11.3 Å². The number of likely N-dealkylation sites (tertiary alicyclic amines) is 1. The van der Waals surface area contributed by atoms with E-state index in [1.54, 1.807) is 6.07 Å². The summed E-state index contributed by atoms with van der Waals surface area (Å²) in [6.07, 6.45) is 1.70. The standard InChI is InChI=1S/C19H32N4O4S2.HI/c1-5-20-19(23-11-7-8-16(13-23)18(24)27-6-2)21-9-10-22-29(25,26)17-12-14(3)28-15(17)4;/h12,16,22H,5-11,13H2,1-4H3,(H,20,21);1H/t16-;/m1./s1. The summed E-state index contributed by atoms with van der Waals surface area (Å²) in [6.45, 7) is 10.5. The largest absolute Gasteiger partial charge is 0.466 e. The van der Waals surface area contributed by atoms with Gasteiger partial charge in [0, 0.05) is 35.9 Å². The van der Waals surface area contributed by atoms with Gasteiger partial charge in [0.15, 0.2) is 5.96 Å². The molecule has 172 valence electrons. The van der Waals surface area contributed by atoms with Crippen molar-refractivity contribution in [3.63, 3.8) is 0 Å². The number of carbonyl (C=O) groups is 1. The lowest BCUT2D eigenvalue weighted by molar-refractivity contribution is -0.149. The topological polar surface area (TPSA) is 100 Å². The summed E-state index contributed by atoms with van der Waals surface area (Å²) in [4.78, 5) is 20.8. The monoisotopic (exact) mass is 572 g/mol. The third-order valence-corrected chi connectivity index (χ3v) is 7.31. The van der Waals surface area contributed by atoms with Gasteiger partial charge in [-0.2, -0.15) is 0 Å². The number of sulfonamides is 1. The quantitative estimate of drug-likeness (QED) is 0.163. The van der Waals surface area contributed by atoms with E-state index >= 15 is 0 Å². The maximum atomic E-state index is 12.5. The van der Waals surface area contributed by atoms with Crippen molar-refractivity contribution in [1.29, 1.82) is 0 Å². The predicted molar refractivity (Wildman–Crippen MR) is 131 cm³/mol. The first-order valence-electron chi connectivity index (χ1n) is 10.0. The molecule has 30 heavy (non-hydrogen) atoms. The number of nitrogens with one attached hydrogen (secondary N) is 2. The molecular weight excluding hydrogens is 539 g/mol. The summed E-state index contributed by atoms with van der Waals surface area (Å²) in [5, 5.41) is 3.23. The fraction of sp³-hybridized carbons (Fsp3) is 0.684. The molecule has 2 heterocycles. The van der Waals surface area contributed by atoms with Gasteiger partial charge in [-0.25, -0.2) is 13.1 Å². The smallest absolute Gasteiger partial charge is 0.310 e. The van der Waals surface area contributed by atoms with Crippen LogP contribution in [0.5, 0.6) is 0 Å². The lowest BCUT2D eigenvalue weighted by Crippen LogP contribution is -2.48. The zero-order chi connectivity index (χ0) is 21.4. The van der Waals surface area contributed by atoms with Crippen LogP contribution in [0, 0.1) is 19.8 Å². The van der Waals surface area contributed by atoms with Crippen molar-refractivity contribution in [1.82, 2.24) is 14.9 Å². The first-order valence-corrected chi connectivity index (χ1v) is 12.3. The van der Waals surface area contributed by atoms with Gasteiger partial charge in [0.05, 0.1) is 24.0 Å². The molecule has 0 unspecified atom stereocenters. The molecule has 1 aliphatic heterocycles. The lowest BCUT2D eigenvalue weighted by Gasteiger charge is -2.34. The number of thiophene rings is 1. The third-order valence-electron chi connectivity index (χ3n) is 4.63. The zero-order valence-electron chi connectivity index (χ0n) is 18.1. The second-order valence-electron chi connectivity index (χ2n) is 6.95. The number of aliphatic imine (C=N–C) groups is 1. The van der Waals surface area contributed by atoms with Crippen LogP contribution in [0.15, 0.2) is 16.0 Å². The van der Waals surface area contributed by atoms with Gasteiger partial charge in [-0.05, 0) is 46.6 Å². The first kappa shape index (κ1) is 27.1. The van der Waals surface area contributed by atoms with Gasteiger partial charge in [-0.3, -0.25) is 9.79 Å². The van der Waals surface area contributed by atoms with E-state index in [0.29, 0.717) is 37.1 Å². The van der Waals surface area contributed by atoms with E-state index in [9.17, 15) is 13.2 Å². The Morgan fingerprint density at radius 1 is 1.37 bits per heavy atom. The van der Waals surface area contributed by atoms with Crippen LogP contribution in [0.2, 0.25) is 0 Å². The molecule has 8 nitrogen and oxygen atoms in total. The third kappa shape index (κ3) is 7.65. The van der Waals surface area contributed by atoms with Crippen molar-refractivity contribution in [2.75, 3.05) is 39.3 Å². The van der Waals surface area contributed by atoms with E-state index in [2.05, 4.69) is 19.9 Å². The summed E-state index contributed by atoms with van der Waals surface area (Å²) in [5.41, 5.74) is 0. The van der Waals surface area contributed by atoms with E-state index < -0.39 is 10.0 Å². The zero-order valence-corrected chi connectivity index (χ0v) is 22.0. The molecule has 0 radical (unpaired) electrons. The number of piperidine rings is 1. The number of nitrogens with zero attached hydrogens (tertiary/aromatic N) is 2. The Bertz CT molecular complexity index is 827. The molecular formula is C19H33IN4O4S2. The number of halogens is 1. The van der Waals surface area contributed by atoms with Crippen molar-refractivity contribution in [3.8, 4) is 0 Å². The molecule has 11 heteroatoms. The fourth-order valence-corrected chi connectivity index (χ4v) is 5.92. The summed E-state index contributed by atoms with van der Waals surface area (Å²) >= 11 is 1.47. The molecule has 0 amide bonds. The van der Waals surface area contributed by atoms with Crippen LogP contribution in [-0.4, -0.2) is 64.6 Å². The molecule has 1 aliphatic rings. The van der Waals surface area contributed by atoms with E-state index in [-0.39, 0.29) is 42.4 Å². The molecule has 1 saturated heterocycles. The Balaban J connectivity index is 0.00000450. The minimum atomic E-state index is -3.54. The molecule has 2 N–H and O–H groups in total. The summed E-state index contributed by atoms with van der Waals surface area (Å²) in [5.74, 6) is 0.376. The molecule has 0 bridgehead atoms. The van der Waals surface area contributed by atoms with Crippen molar-refractivity contribution in [2.24, 2.45) is 10.9 Å². The fourth-order valence-electron chi connectivity index (χ4n) is 3.34. The van der Waals surface area contributed by atoms with Gasteiger partial charge in [-0.15, -0.1) is 35.3 Å². The Kier molecular flexibility index (Phi) is 11.6. The van der Waals surface area contributed by atoms with Gasteiger partial charge in [-0.1, -0.05) is 0 Å². The summed E-state index contributed by atoms with van der Waals surface area (Å²) < 4.78 is 32.8. The summed E-state index contributed by atoms with van der Waals surface area (Å²) in [7, 11) is -3.54. The predicted octanol–water partition coefficient (Wildman–Crippen LogP) is 2.50. The van der Waals surface area contributed by atoms with Crippen LogP contribution < -0.4 is 10.0 Å². The Hall–Kier alpha value is -0.920. The number of hydrogen-bond acceptors (Lipinski definition) is 6. The van der Waals surface area contributed by atoms with Gasteiger partial charge < -0.3 is 15.0 Å². The first-order chi connectivity index (χ1) is 13.8. The number of aryl methyl sites for hydroxylation is 2. The second kappa shape index (κ2) is 12.8. The van der Waals surface area contributed by atoms with Crippen molar-refractivity contribution in [2.45, 2.75) is 45.4 Å². The van der Waals surface area contributed by atoms with Crippen LogP contribution in [0.25, 0.3) is 0 Å². The highest BCUT2D eigenvalue weighted by atomic mass is 127. The van der Waals surface area contributed by atoms with Crippen LogP contribution >= 0.6 is 35.3 Å². The number of esters is 1. The minimum absolute atomic E-state index is 0. The normalized spacial score (nSPS) is 17.4. The SMILES string of the molecule is CCNC(=NCCNS(=O)(=O)c1cc(C)sc1C)N1CCC[C@@H](C(=O)OCC)C1.I. The highest BCUT2D eigenvalue weighted by Crippen LogP contribution is 2.24. The number of rotatable bonds is 8. The van der Waals surface area contributed by atoms with Gasteiger partial charge in [0.1, 0.15) is 0 Å². The molecule has 0 aromatic carbocycles. The number of carbonyl (C=O) groups excluding carboxylic acids is 1. The average Bonchev–Trinajstić information content (AvgIpc) is 3.03. The van der Waals surface area contributed by atoms with Gasteiger partial charge in [0.25, 0.3) is 0 Å². The van der Waals surface area contributed by atoms with Crippen molar-refractivity contribution >= 4 is 57.3 Å². The van der Waals surface area contributed by atoms with Crippen molar-refractivity contribution < 1.29 is 17.9 Å². The van der Waals surface area contributed by atoms with Crippen LogP contribution in [0.4, 0.5) is 0 Å². The Morgan fingerprint density at radius 2 is 2.10 bits per heavy atom. The highest BCUT2D eigenvalue weighted by Gasteiger charge is 2.28. The average molecular weight is 573 g/mol. The van der Waals surface area contributed by atoms with E-state index in [1.807, 2.05) is 27.7 Å². The number of ether oxygens (including phenoxy) is 1. The van der Waals surface area contributed by atoms with E-state index in [4.69, 9.17) is 4.74 Å². The molecule has 2 rings (SSSR count). The highest BCUT2D eigenvalue weighted by molar-refractivity contribution is 14.0. The van der Waals surface area contributed by atoms with Gasteiger partial charge >= 0.3 is 5.97 Å². The van der Waals surface area contributed by atoms with E-state index in [0.717, 1.165) is 29.1 Å². The van der Waals surface area contributed by atoms with Crippen LogP contribution in [0.3, 0.4) is 0 Å². The summed E-state index contributed by atoms with van der Waals surface area (Å²) in [6, 6.07) is 1.69. The molecule has 0 saturated carbocycles. The van der Waals surface area contributed by atoms with Crippen LogP contribution in [-0.2, 0) is 19.6 Å². The van der Waals surface area contributed by atoms with Crippen LogP contribution in [0.1, 0.15) is 36.4 Å². The van der Waals surface area contributed by atoms with Crippen molar-refractivity contribution in [3.05, 3.63) is 15.8 Å². The maximum absolute atomic E-state index is 12.5. The van der Waals surface area contributed by atoms with Gasteiger partial charge in [0.2, 0.25) is 10.0 Å². The number of hydrogen-bond donors (Lipinski definition) is 2. The molecule has 1 atom stereocenters. The molecule has 0 spiro atoms. The number of guanidine groups is 1. The molecule has 1 fully saturated rings. The second-order valence-corrected chi connectivity index (χ2v) is 10.1. The maximum Gasteiger partial charge on any atom is 0.310 e. The lowest BCUT2D eigenvalue weighted by atomic mass is 9.98. The Labute approximate surface area is 200 Å². The Morgan fingerprint density at radius 3 is 2.70 bits per heavy atom. The molecule has 1 aromatic rings. The minimum Gasteiger partial charge on any atom is -0.466 e. The molecule has 1 aromatic heterocycles. The molecule has 0 aliphatic carbocycles.